The SMILES string of the molecule is NCc1cccc(CNc2ccccc2)c1. The van der Waals surface area contributed by atoms with Gasteiger partial charge in [0.05, 0.1) is 0 Å². The molecule has 0 spiro atoms. The molecule has 0 aliphatic rings. The van der Waals surface area contributed by atoms with Crippen LogP contribution in [-0.2, 0) is 13.1 Å². The maximum atomic E-state index is 5.61. The Morgan fingerprint density at radius 3 is 2.38 bits per heavy atom. The number of para-hydroxylation sites is 1. The van der Waals surface area contributed by atoms with Gasteiger partial charge in [0.2, 0.25) is 0 Å². The molecule has 2 heteroatoms. The van der Waals surface area contributed by atoms with Gasteiger partial charge in [-0.25, -0.2) is 0 Å². The number of nitrogens with one attached hydrogen (secondary N) is 1. The van der Waals surface area contributed by atoms with Crippen molar-refractivity contribution in [2.45, 2.75) is 13.1 Å². The zero-order valence-electron chi connectivity index (χ0n) is 9.19. The van der Waals surface area contributed by atoms with Crippen LogP contribution in [0.25, 0.3) is 0 Å². The third kappa shape index (κ3) is 2.84. The fourth-order valence-corrected chi connectivity index (χ4v) is 1.63. The van der Waals surface area contributed by atoms with Crippen LogP contribution in [0.2, 0.25) is 0 Å². The van der Waals surface area contributed by atoms with Crippen LogP contribution in [0.5, 0.6) is 0 Å². The molecule has 3 N–H and O–H groups in total. The second kappa shape index (κ2) is 5.33. The molecule has 0 fully saturated rings. The molecule has 2 aromatic rings. The summed E-state index contributed by atoms with van der Waals surface area (Å²) < 4.78 is 0. The second-order valence-corrected chi connectivity index (χ2v) is 3.74. The molecule has 2 rings (SSSR count). The molecule has 2 nitrogen and oxygen atoms in total. The van der Waals surface area contributed by atoms with Gasteiger partial charge >= 0.3 is 0 Å². The topological polar surface area (TPSA) is 38.0 Å². The Hall–Kier alpha value is -1.80. The molecular formula is C14H16N2. The van der Waals surface area contributed by atoms with E-state index < -0.39 is 0 Å². The Morgan fingerprint density at radius 2 is 1.62 bits per heavy atom. The van der Waals surface area contributed by atoms with Gasteiger partial charge in [0.25, 0.3) is 0 Å². The number of anilines is 1. The molecule has 0 unspecified atom stereocenters. The second-order valence-electron chi connectivity index (χ2n) is 3.74. The molecule has 0 saturated carbocycles. The van der Waals surface area contributed by atoms with Crippen LogP contribution in [0.15, 0.2) is 54.6 Å². The van der Waals surface area contributed by atoms with E-state index in [4.69, 9.17) is 5.73 Å². The van der Waals surface area contributed by atoms with Crippen molar-refractivity contribution in [3.63, 3.8) is 0 Å². The summed E-state index contributed by atoms with van der Waals surface area (Å²) in [5, 5.41) is 3.37. The molecule has 0 aliphatic heterocycles. The summed E-state index contributed by atoms with van der Waals surface area (Å²) in [6.07, 6.45) is 0. The molecule has 0 heterocycles. The Morgan fingerprint density at radius 1 is 0.875 bits per heavy atom. The summed E-state index contributed by atoms with van der Waals surface area (Å²) in [5.74, 6) is 0. The van der Waals surface area contributed by atoms with Crippen LogP contribution < -0.4 is 11.1 Å². The molecule has 0 aromatic heterocycles. The molecule has 0 bridgehead atoms. The fourth-order valence-electron chi connectivity index (χ4n) is 1.63. The summed E-state index contributed by atoms with van der Waals surface area (Å²) in [7, 11) is 0. The van der Waals surface area contributed by atoms with Crippen LogP contribution in [0.1, 0.15) is 11.1 Å². The van der Waals surface area contributed by atoms with E-state index in [-0.39, 0.29) is 0 Å². The first-order valence-corrected chi connectivity index (χ1v) is 5.45. The Kier molecular flexibility index (Phi) is 3.57. The monoisotopic (exact) mass is 212 g/mol. The lowest BCUT2D eigenvalue weighted by atomic mass is 10.1. The lowest BCUT2D eigenvalue weighted by molar-refractivity contribution is 1.05. The van der Waals surface area contributed by atoms with Gasteiger partial charge in [0, 0.05) is 18.8 Å². The number of rotatable bonds is 4. The molecule has 16 heavy (non-hydrogen) atoms. The predicted molar refractivity (Wildman–Crippen MR) is 68.1 cm³/mol. The quantitative estimate of drug-likeness (QED) is 0.817. The smallest absolute Gasteiger partial charge is 0.0400 e. The van der Waals surface area contributed by atoms with Gasteiger partial charge < -0.3 is 11.1 Å². The first-order valence-electron chi connectivity index (χ1n) is 5.45. The van der Waals surface area contributed by atoms with Gasteiger partial charge in [0.15, 0.2) is 0 Å². The molecule has 0 aliphatic carbocycles. The minimum absolute atomic E-state index is 0.596. The molecule has 0 saturated heterocycles. The van der Waals surface area contributed by atoms with Gasteiger partial charge in [-0.2, -0.15) is 0 Å². The van der Waals surface area contributed by atoms with Crippen molar-refractivity contribution in [2.24, 2.45) is 5.73 Å². The van der Waals surface area contributed by atoms with Crippen molar-refractivity contribution < 1.29 is 0 Å². The normalized spacial score (nSPS) is 10.1. The number of nitrogens with two attached hydrogens (primary N) is 1. The summed E-state index contributed by atoms with van der Waals surface area (Å²) in [6, 6.07) is 18.5. The lowest BCUT2D eigenvalue weighted by Crippen LogP contribution is -2.01. The van der Waals surface area contributed by atoms with Crippen LogP contribution in [0, 0.1) is 0 Å². The first kappa shape index (κ1) is 10.7. The van der Waals surface area contributed by atoms with Crippen molar-refractivity contribution in [3.05, 3.63) is 65.7 Å². The summed E-state index contributed by atoms with van der Waals surface area (Å²) >= 11 is 0. The van der Waals surface area contributed by atoms with Crippen LogP contribution in [0.4, 0.5) is 5.69 Å². The first-order chi connectivity index (χ1) is 7.88. The minimum Gasteiger partial charge on any atom is -0.381 e. The average molecular weight is 212 g/mol. The number of benzene rings is 2. The maximum Gasteiger partial charge on any atom is 0.0400 e. The van der Waals surface area contributed by atoms with Crippen LogP contribution >= 0.6 is 0 Å². The van der Waals surface area contributed by atoms with E-state index in [0.717, 1.165) is 12.2 Å². The van der Waals surface area contributed by atoms with E-state index in [1.165, 1.54) is 11.1 Å². The van der Waals surface area contributed by atoms with Gasteiger partial charge in [0.1, 0.15) is 0 Å². The standard InChI is InChI=1S/C14H16N2/c15-10-12-5-4-6-13(9-12)11-16-14-7-2-1-3-8-14/h1-9,16H,10-11,15H2. The highest BCUT2D eigenvalue weighted by Crippen LogP contribution is 2.09. The largest absolute Gasteiger partial charge is 0.381 e. The van der Waals surface area contributed by atoms with Gasteiger partial charge in [-0.05, 0) is 23.3 Å². The zero-order chi connectivity index (χ0) is 11.2. The highest BCUT2D eigenvalue weighted by Gasteiger charge is 1.95. The minimum atomic E-state index is 0.596. The van der Waals surface area contributed by atoms with E-state index >= 15 is 0 Å². The van der Waals surface area contributed by atoms with Crippen molar-refractivity contribution in [2.75, 3.05) is 5.32 Å². The van der Waals surface area contributed by atoms with Gasteiger partial charge in [-0.1, -0.05) is 42.5 Å². The predicted octanol–water partition coefficient (Wildman–Crippen LogP) is 2.76. The van der Waals surface area contributed by atoms with Crippen molar-refractivity contribution >= 4 is 5.69 Å². The Bertz CT molecular complexity index is 437. The van der Waals surface area contributed by atoms with Gasteiger partial charge in [-0.15, -0.1) is 0 Å². The third-order valence-electron chi connectivity index (χ3n) is 2.50. The molecular weight excluding hydrogens is 196 g/mol. The summed E-state index contributed by atoms with van der Waals surface area (Å²) in [6.45, 7) is 1.43. The van der Waals surface area contributed by atoms with E-state index in [2.05, 4.69) is 29.6 Å². The van der Waals surface area contributed by atoms with Crippen molar-refractivity contribution in [1.82, 2.24) is 0 Å². The highest BCUT2D eigenvalue weighted by atomic mass is 14.9. The summed E-state index contributed by atoms with van der Waals surface area (Å²) in [4.78, 5) is 0. The van der Waals surface area contributed by atoms with Crippen LogP contribution in [-0.4, -0.2) is 0 Å². The number of hydrogen-bond acceptors (Lipinski definition) is 2. The maximum absolute atomic E-state index is 5.61. The Labute approximate surface area is 96.1 Å². The van der Waals surface area contributed by atoms with E-state index in [1.54, 1.807) is 0 Å². The molecule has 0 amide bonds. The summed E-state index contributed by atoms with van der Waals surface area (Å²) in [5.41, 5.74) is 9.17. The van der Waals surface area contributed by atoms with E-state index in [1.807, 2.05) is 30.3 Å². The Balaban J connectivity index is 1.99. The fraction of sp³-hybridized carbons (Fsp3) is 0.143. The third-order valence-corrected chi connectivity index (χ3v) is 2.50. The zero-order valence-corrected chi connectivity index (χ0v) is 9.19. The molecule has 0 radical (unpaired) electrons. The molecule has 2 aromatic carbocycles. The highest BCUT2D eigenvalue weighted by molar-refractivity contribution is 5.43. The van der Waals surface area contributed by atoms with Crippen molar-refractivity contribution in [3.8, 4) is 0 Å². The van der Waals surface area contributed by atoms with Crippen molar-refractivity contribution in [1.29, 1.82) is 0 Å². The van der Waals surface area contributed by atoms with Crippen LogP contribution in [0.3, 0.4) is 0 Å². The van der Waals surface area contributed by atoms with E-state index in [9.17, 15) is 0 Å². The molecule has 82 valence electrons. The molecule has 0 atom stereocenters. The lowest BCUT2D eigenvalue weighted by Gasteiger charge is -2.07. The van der Waals surface area contributed by atoms with Gasteiger partial charge in [-0.3, -0.25) is 0 Å². The van der Waals surface area contributed by atoms with E-state index in [0.29, 0.717) is 6.54 Å². The average Bonchev–Trinajstić information content (AvgIpc) is 2.38. The number of hydrogen-bond donors (Lipinski definition) is 2.